The molecule has 2 atom stereocenters. The molecule has 1 amide bonds. The molecule has 1 aromatic heterocycles. The molecule has 1 fully saturated rings. The van der Waals surface area contributed by atoms with Gasteiger partial charge in [0.15, 0.2) is 0 Å². The van der Waals surface area contributed by atoms with Crippen molar-refractivity contribution in [1.82, 2.24) is 14.8 Å². The van der Waals surface area contributed by atoms with Gasteiger partial charge in [0.25, 0.3) is 0 Å². The van der Waals surface area contributed by atoms with Crippen molar-refractivity contribution in [3.63, 3.8) is 0 Å². The summed E-state index contributed by atoms with van der Waals surface area (Å²) in [6.45, 7) is 9.55. The number of carbonyl (C=O) groups excluding carboxylic acids is 1. The van der Waals surface area contributed by atoms with Gasteiger partial charge in [-0.25, -0.2) is 0 Å². The smallest absolute Gasteiger partial charge is 0.219 e. The van der Waals surface area contributed by atoms with Gasteiger partial charge in [-0.15, -0.1) is 0 Å². The zero-order valence-electron chi connectivity index (χ0n) is 16.0. The molecule has 26 heavy (non-hydrogen) atoms. The Hall–Kier alpha value is -2.20. The highest BCUT2D eigenvalue weighted by Crippen LogP contribution is 2.34. The molecule has 138 valence electrons. The number of hydrogen-bond donors (Lipinski definition) is 0. The summed E-state index contributed by atoms with van der Waals surface area (Å²) in [5.41, 5.74) is 2.47. The number of carbonyl (C=O) groups is 1. The molecule has 0 radical (unpaired) electrons. The second kappa shape index (κ2) is 8.45. The van der Waals surface area contributed by atoms with E-state index in [0.717, 1.165) is 31.9 Å². The molecule has 0 N–H and O–H groups in total. The fraction of sp³-hybridized carbons (Fsp3) is 0.455. The normalized spacial score (nSPS) is 20.5. The Balaban J connectivity index is 1.78. The molecule has 0 saturated carbocycles. The summed E-state index contributed by atoms with van der Waals surface area (Å²) >= 11 is 0. The Morgan fingerprint density at radius 3 is 2.50 bits per heavy atom. The molecule has 2 unspecified atom stereocenters. The fourth-order valence-corrected chi connectivity index (χ4v) is 4.03. The number of aromatic nitrogens is 1. The van der Waals surface area contributed by atoms with E-state index in [1.807, 2.05) is 23.2 Å². The molecule has 2 aromatic rings. The van der Waals surface area contributed by atoms with Gasteiger partial charge in [-0.05, 0) is 37.5 Å². The van der Waals surface area contributed by atoms with Gasteiger partial charge in [0, 0.05) is 51.3 Å². The number of rotatable bonds is 6. The SMILES string of the molecule is CC(=O)N(CC1CN(Cc2ccccn2)CC1c1ccccc1)C(C)C. The molecule has 1 saturated heterocycles. The van der Waals surface area contributed by atoms with Gasteiger partial charge in [0.05, 0.1) is 5.69 Å². The Bertz CT molecular complexity index is 702. The van der Waals surface area contributed by atoms with Crippen molar-refractivity contribution in [3.8, 4) is 0 Å². The lowest BCUT2D eigenvalue weighted by atomic mass is 9.88. The topological polar surface area (TPSA) is 36.4 Å². The molecular weight excluding hydrogens is 322 g/mol. The van der Waals surface area contributed by atoms with Crippen LogP contribution in [0, 0.1) is 5.92 Å². The Labute approximate surface area is 156 Å². The van der Waals surface area contributed by atoms with E-state index in [4.69, 9.17) is 0 Å². The standard InChI is InChI=1S/C22H29N3O/c1-17(2)25(18(3)26)14-20-13-24(15-21-11-7-8-12-23-21)16-22(20)19-9-5-4-6-10-19/h4-12,17,20,22H,13-16H2,1-3H3. The number of hydrogen-bond acceptors (Lipinski definition) is 3. The molecule has 0 bridgehead atoms. The van der Waals surface area contributed by atoms with Crippen LogP contribution in [0.2, 0.25) is 0 Å². The van der Waals surface area contributed by atoms with Crippen LogP contribution in [0.1, 0.15) is 37.9 Å². The summed E-state index contributed by atoms with van der Waals surface area (Å²) < 4.78 is 0. The molecule has 1 aromatic carbocycles. The minimum atomic E-state index is 0.162. The van der Waals surface area contributed by atoms with E-state index in [1.165, 1.54) is 5.56 Å². The Morgan fingerprint density at radius 1 is 1.15 bits per heavy atom. The average molecular weight is 351 g/mol. The number of likely N-dealkylation sites (tertiary alicyclic amines) is 1. The van der Waals surface area contributed by atoms with Crippen LogP contribution in [0.25, 0.3) is 0 Å². The van der Waals surface area contributed by atoms with Crippen molar-refractivity contribution in [1.29, 1.82) is 0 Å². The van der Waals surface area contributed by atoms with Crippen LogP contribution in [0.15, 0.2) is 54.7 Å². The molecular formula is C22H29N3O. The maximum atomic E-state index is 12.1. The van der Waals surface area contributed by atoms with E-state index in [0.29, 0.717) is 11.8 Å². The van der Waals surface area contributed by atoms with E-state index in [9.17, 15) is 4.79 Å². The zero-order valence-corrected chi connectivity index (χ0v) is 16.0. The van der Waals surface area contributed by atoms with Gasteiger partial charge in [0.2, 0.25) is 5.91 Å². The molecule has 1 aliphatic rings. The summed E-state index contributed by atoms with van der Waals surface area (Å²) in [4.78, 5) is 21.0. The van der Waals surface area contributed by atoms with Crippen LogP contribution < -0.4 is 0 Å². The highest BCUT2D eigenvalue weighted by molar-refractivity contribution is 5.73. The van der Waals surface area contributed by atoms with E-state index < -0.39 is 0 Å². The molecule has 3 rings (SSSR count). The summed E-state index contributed by atoms with van der Waals surface area (Å²) in [6.07, 6.45) is 1.85. The Morgan fingerprint density at radius 2 is 1.88 bits per heavy atom. The van der Waals surface area contributed by atoms with Crippen molar-refractivity contribution in [2.45, 2.75) is 39.3 Å². The summed E-state index contributed by atoms with van der Waals surface area (Å²) in [5, 5.41) is 0. The molecule has 4 heteroatoms. The lowest BCUT2D eigenvalue weighted by Crippen LogP contribution is -2.40. The minimum absolute atomic E-state index is 0.162. The van der Waals surface area contributed by atoms with Crippen molar-refractivity contribution in [3.05, 3.63) is 66.0 Å². The number of pyridine rings is 1. The lowest BCUT2D eigenvalue weighted by Gasteiger charge is -2.30. The molecule has 0 aliphatic carbocycles. The largest absolute Gasteiger partial charge is 0.340 e. The van der Waals surface area contributed by atoms with Crippen LogP contribution in [0.3, 0.4) is 0 Å². The summed E-state index contributed by atoms with van der Waals surface area (Å²) in [6, 6.07) is 17.0. The van der Waals surface area contributed by atoms with Gasteiger partial charge >= 0.3 is 0 Å². The van der Waals surface area contributed by atoms with Crippen LogP contribution in [0.5, 0.6) is 0 Å². The van der Waals surface area contributed by atoms with Crippen molar-refractivity contribution < 1.29 is 4.79 Å². The third-order valence-corrected chi connectivity index (χ3v) is 5.32. The Kier molecular flexibility index (Phi) is 6.04. The van der Waals surface area contributed by atoms with Gasteiger partial charge in [0.1, 0.15) is 0 Å². The number of amides is 1. The average Bonchev–Trinajstić information content (AvgIpc) is 3.03. The maximum Gasteiger partial charge on any atom is 0.219 e. The van der Waals surface area contributed by atoms with Gasteiger partial charge in [-0.2, -0.15) is 0 Å². The van der Waals surface area contributed by atoms with Crippen molar-refractivity contribution in [2.24, 2.45) is 5.92 Å². The maximum absolute atomic E-state index is 12.1. The molecule has 1 aliphatic heterocycles. The first-order valence-corrected chi connectivity index (χ1v) is 9.49. The highest BCUT2D eigenvalue weighted by Gasteiger charge is 2.35. The summed E-state index contributed by atoms with van der Waals surface area (Å²) in [7, 11) is 0. The second-order valence-corrected chi connectivity index (χ2v) is 7.56. The predicted octanol–water partition coefficient (Wildman–Crippen LogP) is 3.55. The van der Waals surface area contributed by atoms with Crippen LogP contribution in [-0.4, -0.2) is 46.4 Å². The predicted molar refractivity (Wildman–Crippen MR) is 105 cm³/mol. The first-order chi connectivity index (χ1) is 12.5. The summed E-state index contributed by atoms with van der Waals surface area (Å²) in [5.74, 6) is 1.04. The lowest BCUT2D eigenvalue weighted by molar-refractivity contribution is -0.131. The van der Waals surface area contributed by atoms with E-state index >= 15 is 0 Å². The monoisotopic (exact) mass is 351 g/mol. The number of nitrogens with zero attached hydrogens (tertiary/aromatic N) is 3. The van der Waals surface area contributed by atoms with Crippen LogP contribution >= 0.6 is 0 Å². The third-order valence-electron chi connectivity index (χ3n) is 5.32. The van der Waals surface area contributed by atoms with E-state index in [-0.39, 0.29) is 11.9 Å². The minimum Gasteiger partial charge on any atom is -0.340 e. The highest BCUT2D eigenvalue weighted by atomic mass is 16.2. The first-order valence-electron chi connectivity index (χ1n) is 9.49. The molecule has 2 heterocycles. The first kappa shape index (κ1) is 18.6. The van der Waals surface area contributed by atoms with Gasteiger partial charge in [-0.3, -0.25) is 14.7 Å². The molecule has 0 spiro atoms. The second-order valence-electron chi connectivity index (χ2n) is 7.56. The molecule has 4 nitrogen and oxygen atoms in total. The van der Waals surface area contributed by atoms with Crippen molar-refractivity contribution >= 4 is 5.91 Å². The zero-order chi connectivity index (χ0) is 18.5. The quantitative estimate of drug-likeness (QED) is 0.798. The third kappa shape index (κ3) is 4.50. The fourth-order valence-electron chi connectivity index (χ4n) is 4.03. The van der Waals surface area contributed by atoms with Gasteiger partial charge < -0.3 is 4.90 Å². The van der Waals surface area contributed by atoms with Gasteiger partial charge in [-0.1, -0.05) is 36.4 Å². The van der Waals surface area contributed by atoms with Crippen LogP contribution in [-0.2, 0) is 11.3 Å². The van der Waals surface area contributed by atoms with Crippen molar-refractivity contribution in [2.75, 3.05) is 19.6 Å². The van der Waals surface area contributed by atoms with Crippen LogP contribution in [0.4, 0.5) is 0 Å². The number of benzene rings is 1. The van der Waals surface area contributed by atoms with E-state index in [2.05, 4.69) is 60.1 Å². The van der Waals surface area contributed by atoms with E-state index in [1.54, 1.807) is 6.92 Å².